The van der Waals surface area contributed by atoms with E-state index in [1.807, 2.05) is 6.92 Å². The van der Waals surface area contributed by atoms with Crippen LogP contribution in [-0.2, 0) is 9.53 Å². The zero-order valence-electron chi connectivity index (χ0n) is 11.0. The van der Waals surface area contributed by atoms with Gasteiger partial charge in [-0.2, -0.15) is 0 Å². The Morgan fingerprint density at radius 2 is 2.16 bits per heavy atom. The lowest BCUT2D eigenvalue weighted by Crippen LogP contribution is -2.16. The van der Waals surface area contributed by atoms with E-state index in [1.54, 1.807) is 24.3 Å². The van der Waals surface area contributed by atoms with E-state index >= 15 is 0 Å². The fourth-order valence-corrected chi connectivity index (χ4v) is 1.56. The van der Waals surface area contributed by atoms with Crippen molar-refractivity contribution in [1.29, 1.82) is 0 Å². The molecule has 19 heavy (non-hydrogen) atoms. The van der Waals surface area contributed by atoms with E-state index in [-0.39, 0.29) is 13.2 Å². The molecular formula is C14H20O5. The topological polar surface area (TPSA) is 76.0 Å². The second-order valence-electron chi connectivity index (χ2n) is 4.09. The molecule has 5 heteroatoms. The van der Waals surface area contributed by atoms with Crippen molar-refractivity contribution < 1.29 is 24.5 Å². The van der Waals surface area contributed by atoms with Crippen LogP contribution in [0.1, 0.15) is 31.4 Å². The van der Waals surface area contributed by atoms with Gasteiger partial charge in [-0.1, -0.05) is 19.1 Å². The molecule has 0 saturated heterocycles. The van der Waals surface area contributed by atoms with E-state index in [1.165, 1.54) is 0 Å². The Morgan fingerprint density at radius 3 is 2.79 bits per heavy atom. The van der Waals surface area contributed by atoms with Crippen molar-refractivity contribution in [1.82, 2.24) is 0 Å². The Bertz CT molecular complexity index is 391. The van der Waals surface area contributed by atoms with Gasteiger partial charge in [0.25, 0.3) is 0 Å². The van der Waals surface area contributed by atoms with Crippen LogP contribution in [0.15, 0.2) is 24.3 Å². The average Bonchev–Trinajstić information content (AvgIpc) is 2.41. The molecule has 0 aromatic heterocycles. The van der Waals surface area contributed by atoms with E-state index in [9.17, 15) is 4.79 Å². The van der Waals surface area contributed by atoms with Gasteiger partial charge in [-0.15, -0.1) is 0 Å². The van der Waals surface area contributed by atoms with Crippen molar-refractivity contribution in [2.75, 3.05) is 19.8 Å². The van der Waals surface area contributed by atoms with Gasteiger partial charge in [0.15, 0.2) is 6.10 Å². The molecule has 2 N–H and O–H groups in total. The molecule has 0 aliphatic rings. The van der Waals surface area contributed by atoms with Gasteiger partial charge >= 0.3 is 5.97 Å². The summed E-state index contributed by atoms with van der Waals surface area (Å²) in [6.45, 7) is 2.77. The SMILES string of the molecule is CCCOc1cccc(C(OCCCO)C(=O)O)c1. The average molecular weight is 268 g/mol. The molecule has 0 spiro atoms. The fourth-order valence-electron chi connectivity index (χ4n) is 1.56. The van der Waals surface area contributed by atoms with E-state index in [0.29, 0.717) is 24.3 Å². The second kappa shape index (κ2) is 8.50. The van der Waals surface area contributed by atoms with Crippen molar-refractivity contribution in [2.24, 2.45) is 0 Å². The van der Waals surface area contributed by atoms with Crippen molar-refractivity contribution in [2.45, 2.75) is 25.9 Å². The van der Waals surface area contributed by atoms with Crippen LogP contribution in [0, 0.1) is 0 Å². The number of hydrogen-bond donors (Lipinski definition) is 2. The minimum Gasteiger partial charge on any atom is -0.494 e. The molecule has 0 amide bonds. The minimum absolute atomic E-state index is 0.0218. The maximum atomic E-state index is 11.2. The summed E-state index contributed by atoms with van der Waals surface area (Å²) in [5, 5.41) is 17.8. The summed E-state index contributed by atoms with van der Waals surface area (Å²) in [6, 6.07) is 6.89. The van der Waals surface area contributed by atoms with Crippen molar-refractivity contribution in [3.05, 3.63) is 29.8 Å². The van der Waals surface area contributed by atoms with Gasteiger partial charge in [-0.3, -0.25) is 0 Å². The lowest BCUT2D eigenvalue weighted by molar-refractivity contribution is -0.151. The van der Waals surface area contributed by atoms with E-state index < -0.39 is 12.1 Å². The standard InChI is InChI=1S/C14H20O5/c1-2-8-18-12-6-3-5-11(10-12)13(14(16)17)19-9-4-7-15/h3,5-6,10,13,15H,2,4,7-9H2,1H3,(H,16,17). The largest absolute Gasteiger partial charge is 0.494 e. The second-order valence-corrected chi connectivity index (χ2v) is 4.09. The first-order chi connectivity index (χ1) is 9.19. The molecule has 0 aliphatic heterocycles. The Labute approximate surface area is 112 Å². The summed E-state index contributed by atoms with van der Waals surface area (Å²) in [4.78, 5) is 11.2. The molecule has 0 heterocycles. The predicted octanol–water partition coefficient (Wildman–Crippen LogP) is 2.00. The molecule has 0 aliphatic carbocycles. The molecule has 1 aromatic carbocycles. The summed E-state index contributed by atoms with van der Waals surface area (Å²) in [5.74, 6) is -0.415. The van der Waals surface area contributed by atoms with Crippen LogP contribution in [0.3, 0.4) is 0 Å². The van der Waals surface area contributed by atoms with Crippen LogP contribution in [0.2, 0.25) is 0 Å². The van der Waals surface area contributed by atoms with Crippen LogP contribution in [0.25, 0.3) is 0 Å². The monoisotopic (exact) mass is 268 g/mol. The number of benzene rings is 1. The van der Waals surface area contributed by atoms with Gasteiger partial charge in [0.2, 0.25) is 0 Å². The molecule has 0 fully saturated rings. The summed E-state index contributed by atoms with van der Waals surface area (Å²) >= 11 is 0. The fraction of sp³-hybridized carbons (Fsp3) is 0.500. The van der Waals surface area contributed by atoms with E-state index in [0.717, 1.165) is 6.42 Å². The molecule has 1 rings (SSSR count). The van der Waals surface area contributed by atoms with Gasteiger partial charge in [-0.25, -0.2) is 4.79 Å². The van der Waals surface area contributed by atoms with E-state index in [2.05, 4.69) is 0 Å². The van der Waals surface area contributed by atoms with Gasteiger partial charge in [0.1, 0.15) is 5.75 Å². The zero-order valence-corrected chi connectivity index (χ0v) is 11.0. The third kappa shape index (κ3) is 5.28. The summed E-state index contributed by atoms with van der Waals surface area (Å²) < 4.78 is 10.7. The zero-order chi connectivity index (χ0) is 14.1. The first-order valence-electron chi connectivity index (χ1n) is 6.37. The van der Waals surface area contributed by atoms with Crippen LogP contribution in [0.5, 0.6) is 5.75 Å². The van der Waals surface area contributed by atoms with Crippen molar-refractivity contribution in [3.8, 4) is 5.75 Å². The number of ether oxygens (including phenoxy) is 2. The number of aliphatic hydroxyl groups is 1. The Balaban J connectivity index is 2.74. The highest BCUT2D eigenvalue weighted by Crippen LogP contribution is 2.22. The molecular weight excluding hydrogens is 248 g/mol. The summed E-state index contributed by atoms with van der Waals surface area (Å²) in [7, 11) is 0. The normalized spacial score (nSPS) is 12.1. The smallest absolute Gasteiger partial charge is 0.337 e. The summed E-state index contributed by atoms with van der Waals surface area (Å²) in [6.07, 6.45) is 0.270. The quantitative estimate of drug-likeness (QED) is 0.670. The van der Waals surface area contributed by atoms with Gasteiger partial charge in [0.05, 0.1) is 13.2 Å². The molecule has 1 aromatic rings. The first-order valence-corrected chi connectivity index (χ1v) is 6.37. The highest BCUT2D eigenvalue weighted by atomic mass is 16.5. The Morgan fingerprint density at radius 1 is 1.37 bits per heavy atom. The minimum atomic E-state index is -1.05. The number of carboxylic acid groups (broad SMARTS) is 1. The number of rotatable bonds is 9. The van der Waals surface area contributed by atoms with Crippen LogP contribution >= 0.6 is 0 Å². The van der Waals surface area contributed by atoms with E-state index in [4.69, 9.17) is 19.7 Å². The molecule has 0 saturated carbocycles. The number of aliphatic carboxylic acids is 1. The highest BCUT2D eigenvalue weighted by molar-refractivity contribution is 5.74. The Kier molecular flexibility index (Phi) is 6.92. The third-order valence-electron chi connectivity index (χ3n) is 2.44. The lowest BCUT2D eigenvalue weighted by atomic mass is 10.1. The number of hydrogen-bond acceptors (Lipinski definition) is 4. The number of carbonyl (C=O) groups is 1. The molecule has 106 valence electrons. The van der Waals surface area contributed by atoms with Crippen LogP contribution < -0.4 is 4.74 Å². The number of carboxylic acids is 1. The lowest BCUT2D eigenvalue weighted by Gasteiger charge is -2.15. The van der Waals surface area contributed by atoms with Crippen LogP contribution in [-0.4, -0.2) is 36.0 Å². The van der Waals surface area contributed by atoms with Gasteiger partial charge < -0.3 is 19.7 Å². The highest BCUT2D eigenvalue weighted by Gasteiger charge is 2.20. The van der Waals surface area contributed by atoms with Crippen LogP contribution in [0.4, 0.5) is 0 Å². The maximum absolute atomic E-state index is 11.2. The predicted molar refractivity (Wildman–Crippen MR) is 70.3 cm³/mol. The molecule has 0 bridgehead atoms. The van der Waals surface area contributed by atoms with Gasteiger partial charge in [-0.05, 0) is 30.5 Å². The third-order valence-corrected chi connectivity index (χ3v) is 2.44. The van der Waals surface area contributed by atoms with Gasteiger partial charge in [0, 0.05) is 6.61 Å². The Hall–Kier alpha value is -1.59. The molecule has 1 atom stereocenters. The molecule has 1 unspecified atom stereocenters. The van der Waals surface area contributed by atoms with Crippen molar-refractivity contribution >= 4 is 5.97 Å². The van der Waals surface area contributed by atoms with Crippen molar-refractivity contribution in [3.63, 3.8) is 0 Å². The maximum Gasteiger partial charge on any atom is 0.337 e. The summed E-state index contributed by atoms with van der Waals surface area (Å²) in [5.41, 5.74) is 0.541. The number of aliphatic hydroxyl groups excluding tert-OH is 1. The molecule has 5 nitrogen and oxygen atoms in total. The first kappa shape index (κ1) is 15.5. The molecule has 0 radical (unpaired) electrons.